The average molecular weight is 192 g/mol. The molecule has 1 rings (SSSR count). The van der Waals surface area contributed by atoms with E-state index in [9.17, 15) is 9.59 Å². The van der Waals surface area contributed by atoms with Crippen LogP contribution in [0.5, 0.6) is 0 Å². The molecule has 1 saturated carbocycles. The Hall–Kier alpha value is -1.18. The van der Waals surface area contributed by atoms with Crippen molar-refractivity contribution in [2.75, 3.05) is 0 Å². The van der Waals surface area contributed by atoms with Crippen LogP contribution in [0.1, 0.15) is 32.6 Å². The van der Waals surface area contributed by atoms with Crippen LogP contribution >= 0.6 is 0 Å². The van der Waals surface area contributed by atoms with E-state index in [1.807, 2.05) is 0 Å². The van der Waals surface area contributed by atoms with Gasteiger partial charge in [-0.1, -0.05) is 25.7 Å². The highest BCUT2D eigenvalue weighted by Gasteiger charge is 2.45. The van der Waals surface area contributed by atoms with Gasteiger partial charge in [-0.15, -0.1) is 0 Å². The molecule has 2 heteroatoms. The predicted octanol–water partition coefficient (Wildman–Crippen LogP) is 2.45. The van der Waals surface area contributed by atoms with Crippen LogP contribution in [0.4, 0.5) is 0 Å². The van der Waals surface area contributed by atoms with Crippen molar-refractivity contribution in [2.24, 2.45) is 5.41 Å². The lowest BCUT2D eigenvalue weighted by atomic mass is 9.66. The minimum atomic E-state index is -0.944. The van der Waals surface area contributed by atoms with Crippen molar-refractivity contribution in [1.82, 2.24) is 0 Å². The molecule has 0 bridgehead atoms. The maximum Gasteiger partial charge on any atom is 0.150 e. The molecule has 1 aliphatic carbocycles. The van der Waals surface area contributed by atoms with Crippen LogP contribution in [0.2, 0.25) is 0 Å². The molecule has 1 unspecified atom stereocenters. The summed E-state index contributed by atoms with van der Waals surface area (Å²) in [5.74, 6) is -0.0757. The number of hydrogen-bond acceptors (Lipinski definition) is 2. The van der Waals surface area contributed by atoms with E-state index in [1.54, 1.807) is 0 Å². The first-order valence-electron chi connectivity index (χ1n) is 4.92. The van der Waals surface area contributed by atoms with Crippen LogP contribution in [0.3, 0.4) is 0 Å². The van der Waals surface area contributed by atoms with Crippen LogP contribution in [-0.4, -0.2) is 11.6 Å². The second-order valence-corrected chi connectivity index (χ2v) is 3.82. The van der Waals surface area contributed by atoms with E-state index in [-0.39, 0.29) is 11.6 Å². The molecule has 0 spiro atoms. The molecule has 1 atom stereocenters. The maximum atomic E-state index is 11.8. The van der Waals surface area contributed by atoms with Gasteiger partial charge in [-0.25, -0.2) is 0 Å². The van der Waals surface area contributed by atoms with Crippen LogP contribution in [0.25, 0.3) is 0 Å². The Labute approximate surface area is 84.7 Å². The average Bonchev–Trinajstić information content (AvgIpc) is 2.17. The van der Waals surface area contributed by atoms with Crippen molar-refractivity contribution < 1.29 is 9.59 Å². The van der Waals surface area contributed by atoms with Gasteiger partial charge in [0, 0.05) is 6.42 Å². The third kappa shape index (κ3) is 1.45. The molecule has 2 nitrogen and oxygen atoms in total. The van der Waals surface area contributed by atoms with Gasteiger partial charge >= 0.3 is 0 Å². The fourth-order valence-corrected chi connectivity index (χ4v) is 2.14. The number of Topliss-reactive ketones (excluding diaryl/α,β-unsaturated/α-hetero) is 2. The minimum Gasteiger partial charge on any atom is -0.299 e. The quantitative estimate of drug-likeness (QED) is 0.508. The summed E-state index contributed by atoms with van der Waals surface area (Å²) in [6.07, 6.45) is 4.43. The summed E-state index contributed by atoms with van der Waals surface area (Å²) in [5, 5.41) is 0. The number of hydrogen-bond donors (Lipinski definition) is 0. The molecule has 0 amide bonds. The fraction of sp³-hybridized carbons (Fsp3) is 0.500. The lowest BCUT2D eigenvalue weighted by Crippen LogP contribution is -2.41. The molecule has 0 N–H and O–H groups in total. The van der Waals surface area contributed by atoms with E-state index < -0.39 is 5.41 Å². The Morgan fingerprint density at radius 3 is 2.57 bits per heavy atom. The summed E-state index contributed by atoms with van der Waals surface area (Å²) >= 11 is 0. The van der Waals surface area contributed by atoms with Crippen LogP contribution in [0, 0.1) is 5.41 Å². The van der Waals surface area contributed by atoms with Crippen molar-refractivity contribution in [2.45, 2.75) is 32.6 Å². The summed E-state index contributed by atoms with van der Waals surface area (Å²) < 4.78 is 0. The zero-order valence-electron chi connectivity index (χ0n) is 8.64. The summed E-state index contributed by atoms with van der Waals surface area (Å²) in [4.78, 5) is 23.4. The summed E-state index contributed by atoms with van der Waals surface area (Å²) in [6.45, 7) is 8.84. The van der Waals surface area contributed by atoms with E-state index in [1.165, 1.54) is 13.0 Å². The molecule has 1 fully saturated rings. The standard InChI is InChI=1S/C12H16O2/c1-4-9(2)12(10(3)13)8-6-5-7-11(12)14/h4H,1-2,5-8H2,3H3. The van der Waals surface area contributed by atoms with Gasteiger partial charge in [-0.2, -0.15) is 0 Å². The molecule has 76 valence electrons. The second-order valence-electron chi connectivity index (χ2n) is 3.82. The molecule has 14 heavy (non-hydrogen) atoms. The summed E-state index contributed by atoms with van der Waals surface area (Å²) in [6, 6.07) is 0. The molecular formula is C12H16O2. The second kappa shape index (κ2) is 3.91. The van der Waals surface area contributed by atoms with Gasteiger partial charge in [-0.05, 0) is 25.3 Å². The topological polar surface area (TPSA) is 34.1 Å². The van der Waals surface area contributed by atoms with Crippen molar-refractivity contribution >= 4 is 11.6 Å². The SMILES string of the molecule is C=CC(=C)C1(C(C)=O)CCCCC1=O. The maximum absolute atomic E-state index is 11.8. The molecule has 0 aromatic heterocycles. The Morgan fingerprint density at radius 2 is 2.14 bits per heavy atom. The summed E-state index contributed by atoms with van der Waals surface area (Å²) in [5.41, 5.74) is -0.380. The van der Waals surface area contributed by atoms with E-state index in [2.05, 4.69) is 13.2 Å². The van der Waals surface area contributed by atoms with Crippen LogP contribution in [0.15, 0.2) is 24.8 Å². The van der Waals surface area contributed by atoms with Gasteiger partial charge in [0.15, 0.2) is 5.78 Å². The number of carbonyl (C=O) groups excluding carboxylic acids is 2. The molecule has 0 aromatic rings. The highest BCUT2D eigenvalue weighted by Crippen LogP contribution is 2.40. The van der Waals surface area contributed by atoms with Crippen LogP contribution in [-0.2, 0) is 9.59 Å². The molecule has 0 radical (unpaired) electrons. The first-order valence-corrected chi connectivity index (χ1v) is 4.92. The van der Waals surface area contributed by atoms with Gasteiger partial charge in [-0.3, -0.25) is 9.59 Å². The smallest absolute Gasteiger partial charge is 0.150 e. The molecule has 0 aliphatic heterocycles. The van der Waals surface area contributed by atoms with E-state index in [0.717, 1.165) is 12.8 Å². The van der Waals surface area contributed by atoms with Crippen LogP contribution < -0.4 is 0 Å². The van der Waals surface area contributed by atoms with Gasteiger partial charge in [0.1, 0.15) is 11.2 Å². The molecule has 0 aromatic carbocycles. The zero-order valence-corrected chi connectivity index (χ0v) is 8.64. The number of carbonyl (C=O) groups is 2. The molecule has 0 heterocycles. The van der Waals surface area contributed by atoms with Gasteiger partial charge in [0.25, 0.3) is 0 Å². The van der Waals surface area contributed by atoms with E-state index >= 15 is 0 Å². The third-order valence-electron chi connectivity index (χ3n) is 3.08. The molecule has 1 aliphatic rings. The fourth-order valence-electron chi connectivity index (χ4n) is 2.14. The third-order valence-corrected chi connectivity index (χ3v) is 3.08. The largest absolute Gasteiger partial charge is 0.299 e. The lowest BCUT2D eigenvalue weighted by Gasteiger charge is -2.33. The predicted molar refractivity (Wildman–Crippen MR) is 55.9 cm³/mol. The zero-order chi connectivity index (χ0) is 10.8. The molecular weight excluding hydrogens is 176 g/mol. The first kappa shape index (κ1) is 10.9. The normalized spacial score (nSPS) is 27.1. The highest BCUT2D eigenvalue weighted by atomic mass is 16.2. The Morgan fingerprint density at radius 1 is 1.50 bits per heavy atom. The first-order chi connectivity index (χ1) is 6.55. The number of rotatable bonds is 3. The van der Waals surface area contributed by atoms with Crippen molar-refractivity contribution in [3.8, 4) is 0 Å². The minimum absolute atomic E-state index is 0.0150. The summed E-state index contributed by atoms with van der Waals surface area (Å²) in [7, 11) is 0. The Kier molecular flexibility index (Phi) is 3.04. The van der Waals surface area contributed by atoms with Crippen molar-refractivity contribution in [3.63, 3.8) is 0 Å². The number of ketones is 2. The van der Waals surface area contributed by atoms with Crippen molar-refractivity contribution in [3.05, 3.63) is 24.8 Å². The monoisotopic (exact) mass is 192 g/mol. The van der Waals surface area contributed by atoms with Crippen molar-refractivity contribution in [1.29, 1.82) is 0 Å². The van der Waals surface area contributed by atoms with E-state index in [0.29, 0.717) is 18.4 Å². The number of allylic oxidation sites excluding steroid dienone is 2. The molecule has 0 saturated heterocycles. The highest BCUT2D eigenvalue weighted by molar-refractivity contribution is 6.09. The lowest BCUT2D eigenvalue weighted by molar-refractivity contribution is -0.139. The van der Waals surface area contributed by atoms with Gasteiger partial charge in [0.2, 0.25) is 0 Å². The Balaban J connectivity index is 3.13. The van der Waals surface area contributed by atoms with Gasteiger partial charge in [0.05, 0.1) is 0 Å². The van der Waals surface area contributed by atoms with Gasteiger partial charge < -0.3 is 0 Å². The van der Waals surface area contributed by atoms with E-state index in [4.69, 9.17) is 0 Å². The Bertz CT molecular complexity index is 301.